The Hall–Kier alpha value is -2.56. The summed E-state index contributed by atoms with van der Waals surface area (Å²) in [7, 11) is 5.06. The third-order valence-electron chi connectivity index (χ3n) is 4.63. The molecule has 0 bridgehead atoms. The number of benzene rings is 1. The van der Waals surface area contributed by atoms with E-state index >= 15 is 0 Å². The van der Waals surface area contributed by atoms with Crippen LogP contribution in [0.1, 0.15) is 17.8 Å². The number of aliphatic imine (C=N–C) groups is 1. The summed E-state index contributed by atoms with van der Waals surface area (Å²) in [4.78, 5) is 4.28. The second-order valence-electron chi connectivity index (χ2n) is 6.51. The average Bonchev–Trinajstić information content (AvgIpc) is 3.18. The van der Waals surface area contributed by atoms with Gasteiger partial charge in [0.2, 0.25) is 0 Å². The minimum atomic E-state index is 0. The zero-order chi connectivity index (χ0) is 20.5. The number of rotatable bonds is 9. The number of hydrogen-bond donors (Lipinski definition) is 2. The number of ether oxygens (including phenoxy) is 2. The average molecular weight is 524 g/mol. The van der Waals surface area contributed by atoms with Crippen molar-refractivity contribution in [2.24, 2.45) is 4.99 Å². The maximum atomic E-state index is 5.36. The van der Waals surface area contributed by atoms with Crippen LogP contribution < -0.4 is 20.1 Å². The van der Waals surface area contributed by atoms with E-state index in [9.17, 15) is 0 Å². The van der Waals surface area contributed by atoms with E-state index in [4.69, 9.17) is 9.47 Å². The molecule has 0 aliphatic heterocycles. The van der Waals surface area contributed by atoms with Crippen molar-refractivity contribution in [2.45, 2.75) is 19.3 Å². The van der Waals surface area contributed by atoms with E-state index in [2.05, 4.69) is 25.8 Å². The summed E-state index contributed by atoms with van der Waals surface area (Å²) in [5, 5.41) is 15.1. The molecule has 0 fully saturated rings. The van der Waals surface area contributed by atoms with Gasteiger partial charge in [-0.3, -0.25) is 9.39 Å². The molecule has 2 N–H and O–H groups in total. The number of hydrogen-bond acceptors (Lipinski definition) is 5. The van der Waals surface area contributed by atoms with Gasteiger partial charge in [0, 0.05) is 32.8 Å². The van der Waals surface area contributed by atoms with E-state index in [1.807, 2.05) is 47.0 Å². The first-order valence-corrected chi connectivity index (χ1v) is 9.69. The highest BCUT2D eigenvalue weighted by Crippen LogP contribution is 2.27. The summed E-state index contributed by atoms with van der Waals surface area (Å²) < 4.78 is 12.7. The molecule has 0 radical (unpaired) electrons. The number of pyridine rings is 1. The van der Waals surface area contributed by atoms with E-state index in [0.29, 0.717) is 0 Å². The SMILES string of the molecule is CN=C(NCCCc1nnc2ccccn12)NCCc1ccc(OC)c(OC)c1.I. The molecule has 0 spiro atoms. The fourth-order valence-corrected chi connectivity index (χ4v) is 3.10. The maximum absolute atomic E-state index is 5.36. The zero-order valence-electron chi connectivity index (χ0n) is 17.6. The molecule has 162 valence electrons. The monoisotopic (exact) mass is 524 g/mol. The van der Waals surface area contributed by atoms with Crippen LogP contribution in [0.4, 0.5) is 0 Å². The lowest BCUT2D eigenvalue weighted by Gasteiger charge is -2.13. The Bertz CT molecular complexity index is 960. The Balaban J connectivity index is 0.00000320. The van der Waals surface area contributed by atoms with Crippen LogP contribution >= 0.6 is 24.0 Å². The molecule has 0 aliphatic rings. The summed E-state index contributed by atoms with van der Waals surface area (Å²) in [6, 6.07) is 11.9. The fraction of sp³-hybridized carbons (Fsp3) is 0.381. The first-order valence-electron chi connectivity index (χ1n) is 9.69. The molecule has 0 unspecified atom stereocenters. The van der Waals surface area contributed by atoms with Gasteiger partial charge in [-0.05, 0) is 42.7 Å². The van der Waals surface area contributed by atoms with E-state index in [1.54, 1.807) is 21.3 Å². The topological polar surface area (TPSA) is 85.1 Å². The fourth-order valence-electron chi connectivity index (χ4n) is 3.10. The largest absolute Gasteiger partial charge is 0.493 e. The minimum Gasteiger partial charge on any atom is -0.493 e. The molecule has 1 aromatic carbocycles. The van der Waals surface area contributed by atoms with Gasteiger partial charge in [0.1, 0.15) is 5.82 Å². The number of nitrogens with one attached hydrogen (secondary N) is 2. The highest BCUT2D eigenvalue weighted by Gasteiger charge is 2.06. The van der Waals surface area contributed by atoms with Crippen molar-refractivity contribution in [2.75, 3.05) is 34.4 Å². The third kappa shape index (κ3) is 6.22. The van der Waals surface area contributed by atoms with Crippen LogP contribution in [0.2, 0.25) is 0 Å². The van der Waals surface area contributed by atoms with Crippen molar-refractivity contribution in [3.63, 3.8) is 0 Å². The van der Waals surface area contributed by atoms with Crippen LogP contribution in [0.3, 0.4) is 0 Å². The molecule has 0 amide bonds. The Labute approximate surface area is 194 Å². The van der Waals surface area contributed by atoms with Crippen molar-refractivity contribution >= 4 is 35.6 Å². The molecule has 3 aromatic rings. The molecule has 9 heteroatoms. The van der Waals surface area contributed by atoms with Crippen LogP contribution in [0, 0.1) is 0 Å². The van der Waals surface area contributed by atoms with Gasteiger partial charge in [-0.15, -0.1) is 34.2 Å². The Morgan fingerprint density at radius 3 is 2.57 bits per heavy atom. The number of aromatic nitrogens is 3. The molecule has 0 saturated carbocycles. The van der Waals surface area contributed by atoms with Gasteiger partial charge in [0.05, 0.1) is 14.2 Å². The molecular formula is C21H29IN6O2. The molecule has 0 saturated heterocycles. The van der Waals surface area contributed by atoms with Gasteiger partial charge >= 0.3 is 0 Å². The highest BCUT2D eigenvalue weighted by molar-refractivity contribution is 14.0. The lowest BCUT2D eigenvalue weighted by Crippen LogP contribution is -2.38. The molecule has 30 heavy (non-hydrogen) atoms. The second-order valence-corrected chi connectivity index (χ2v) is 6.51. The summed E-state index contributed by atoms with van der Waals surface area (Å²) in [5.41, 5.74) is 2.05. The normalized spacial score (nSPS) is 11.1. The minimum absolute atomic E-state index is 0. The summed E-state index contributed by atoms with van der Waals surface area (Å²) >= 11 is 0. The molecule has 3 rings (SSSR count). The van der Waals surface area contributed by atoms with Gasteiger partial charge in [0.25, 0.3) is 0 Å². The Morgan fingerprint density at radius 1 is 1.00 bits per heavy atom. The smallest absolute Gasteiger partial charge is 0.190 e. The number of aryl methyl sites for hydroxylation is 1. The van der Waals surface area contributed by atoms with E-state index in [1.165, 1.54) is 5.56 Å². The lowest BCUT2D eigenvalue weighted by atomic mass is 10.1. The van der Waals surface area contributed by atoms with Crippen LogP contribution in [-0.2, 0) is 12.8 Å². The van der Waals surface area contributed by atoms with Crippen molar-refractivity contribution in [1.29, 1.82) is 0 Å². The summed E-state index contributed by atoms with van der Waals surface area (Å²) in [6.45, 7) is 1.57. The number of fused-ring (bicyclic) bond motifs is 1. The van der Waals surface area contributed by atoms with Gasteiger partial charge in [0.15, 0.2) is 23.1 Å². The Morgan fingerprint density at radius 2 is 1.80 bits per heavy atom. The molecule has 2 aromatic heterocycles. The standard InChI is InChI=1S/C21H28N6O2.HI/c1-22-21(24-13-11-16-9-10-17(28-2)18(15-16)29-3)23-12-6-8-20-26-25-19-7-4-5-14-27(19)20;/h4-5,7,9-10,14-15H,6,8,11-13H2,1-3H3,(H2,22,23,24);1H. The van der Waals surface area contributed by atoms with Crippen molar-refractivity contribution in [3.8, 4) is 11.5 Å². The summed E-state index contributed by atoms with van der Waals surface area (Å²) in [6.07, 6.45) is 4.63. The Kier molecular flexibility index (Phi) is 9.65. The number of halogens is 1. The number of nitrogens with zero attached hydrogens (tertiary/aromatic N) is 4. The van der Waals surface area contributed by atoms with Gasteiger partial charge < -0.3 is 20.1 Å². The first-order chi connectivity index (χ1) is 14.2. The van der Waals surface area contributed by atoms with E-state index < -0.39 is 0 Å². The van der Waals surface area contributed by atoms with Gasteiger partial charge in [-0.25, -0.2) is 0 Å². The predicted molar refractivity (Wildman–Crippen MR) is 129 cm³/mol. The molecule has 0 aliphatic carbocycles. The number of methoxy groups -OCH3 is 2. The molecule has 2 heterocycles. The third-order valence-corrected chi connectivity index (χ3v) is 4.63. The van der Waals surface area contributed by atoms with Crippen molar-refractivity contribution in [3.05, 3.63) is 54.0 Å². The predicted octanol–water partition coefficient (Wildman–Crippen LogP) is 2.70. The molecule has 0 atom stereocenters. The van der Waals surface area contributed by atoms with Crippen molar-refractivity contribution < 1.29 is 9.47 Å². The quantitative estimate of drug-likeness (QED) is 0.194. The lowest BCUT2D eigenvalue weighted by molar-refractivity contribution is 0.354. The van der Waals surface area contributed by atoms with Gasteiger partial charge in [-0.1, -0.05) is 12.1 Å². The van der Waals surface area contributed by atoms with Crippen LogP contribution in [0.15, 0.2) is 47.6 Å². The van der Waals surface area contributed by atoms with E-state index in [0.717, 1.165) is 61.3 Å². The van der Waals surface area contributed by atoms with Crippen LogP contribution in [0.5, 0.6) is 11.5 Å². The number of guanidine groups is 1. The van der Waals surface area contributed by atoms with Crippen LogP contribution in [-0.4, -0.2) is 54.9 Å². The highest BCUT2D eigenvalue weighted by atomic mass is 127. The maximum Gasteiger partial charge on any atom is 0.190 e. The van der Waals surface area contributed by atoms with Crippen LogP contribution in [0.25, 0.3) is 5.65 Å². The second kappa shape index (κ2) is 12.2. The van der Waals surface area contributed by atoms with Gasteiger partial charge in [-0.2, -0.15) is 0 Å². The van der Waals surface area contributed by atoms with E-state index in [-0.39, 0.29) is 24.0 Å². The first kappa shape index (κ1) is 23.7. The zero-order valence-corrected chi connectivity index (χ0v) is 19.9. The molecular weight excluding hydrogens is 495 g/mol. The molecule has 8 nitrogen and oxygen atoms in total. The summed E-state index contributed by atoms with van der Waals surface area (Å²) in [5.74, 6) is 3.24. The van der Waals surface area contributed by atoms with Crippen molar-refractivity contribution in [1.82, 2.24) is 25.2 Å².